The zero-order valence-corrected chi connectivity index (χ0v) is 14.3. The molecular formula is C16H17F9O3. The Labute approximate surface area is 153 Å². The SMILES string of the molecule is O=C(OC1(C(O)(C(F)(F)F)C(F)(F)F)CCCC1)C1(C(F)(F)F)CC=CCC1. The summed E-state index contributed by atoms with van der Waals surface area (Å²) in [6.45, 7) is 0. The van der Waals surface area contributed by atoms with Gasteiger partial charge in [-0.15, -0.1) is 0 Å². The third-order valence-corrected chi connectivity index (χ3v) is 5.48. The Morgan fingerprint density at radius 3 is 1.71 bits per heavy atom. The maximum absolute atomic E-state index is 13.6. The summed E-state index contributed by atoms with van der Waals surface area (Å²) in [6, 6.07) is 0. The first-order chi connectivity index (χ1) is 12.5. The van der Waals surface area contributed by atoms with Gasteiger partial charge >= 0.3 is 24.5 Å². The van der Waals surface area contributed by atoms with Crippen molar-refractivity contribution in [2.75, 3.05) is 0 Å². The highest BCUT2D eigenvalue weighted by atomic mass is 19.4. The maximum atomic E-state index is 13.6. The van der Waals surface area contributed by atoms with Gasteiger partial charge in [-0.1, -0.05) is 12.2 Å². The molecule has 2 rings (SSSR count). The monoisotopic (exact) mass is 428 g/mol. The summed E-state index contributed by atoms with van der Waals surface area (Å²) in [5.74, 6) is -2.24. The lowest BCUT2D eigenvalue weighted by Crippen LogP contribution is -2.71. The van der Waals surface area contributed by atoms with Gasteiger partial charge in [-0.2, -0.15) is 39.5 Å². The van der Waals surface area contributed by atoms with E-state index in [1.54, 1.807) is 0 Å². The van der Waals surface area contributed by atoms with E-state index in [2.05, 4.69) is 4.74 Å². The van der Waals surface area contributed by atoms with Gasteiger partial charge < -0.3 is 9.84 Å². The number of hydrogen-bond acceptors (Lipinski definition) is 3. The van der Waals surface area contributed by atoms with Crippen LogP contribution in [0.2, 0.25) is 0 Å². The molecule has 2 aliphatic carbocycles. The topological polar surface area (TPSA) is 46.5 Å². The fourth-order valence-corrected chi connectivity index (χ4v) is 3.83. The molecule has 0 spiro atoms. The van der Waals surface area contributed by atoms with Gasteiger partial charge in [-0.25, -0.2) is 0 Å². The van der Waals surface area contributed by atoms with Gasteiger partial charge in [0.2, 0.25) is 0 Å². The predicted octanol–water partition coefficient (Wildman–Crippen LogP) is 4.99. The molecule has 0 amide bonds. The van der Waals surface area contributed by atoms with Gasteiger partial charge in [0.05, 0.1) is 0 Å². The molecule has 162 valence electrons. The minimum Gasteiger partial charge on any atom is -0.455 e. The van der Waals surface area contributed by atoms with E-state index >= 15 is 0 Å². The number of halogens is 9. The molecule has 0 aromatic heterocycles. The number of alkyl halides is 9. The zero-order chi connectivity index (χ0) is 21.6. The molecule has 0 aromatic carbocycles. The van der Waals surface area contributed by atoms with E-state index in [1.165, 1.54) is 6.08 Å². The minimum atomic E-state index is -6.33. The third kappa shape index (κ3) is 3.26. The van der Waals surface area contributed by atoms with Crippen molar-refractivity contribution in [3.8, 4) is 0 Å². The van der Waals surface area contributed by atoms with E-state index in [-0.39, 0.29) is 19.3 Å². The summed E-state index contributed by atoms with van der Waals surface area (Å²) in [5, 5.41) is 9.75. The summed E-state index contributed by atoms with van der Waals surface area (Å²) in [4.78, 5) is 12.4. The van der Waals surface area contributed by atoms with Gasteiger partial charge in [0.1, 0.15) is 0 Å². The molecule has 12 heteroatoms. The Kier molecular flexibility index (Phi) is 5.55. The predicted molar refractivity (Wildman–Crippen MR) is 75.8 cm³/mol. The van der Waals surface area contributed by atoms with E-state index in [9.17, 15) is 49.4 Å². The zero-order valence-electron chi connectivity index (χ0n) is 14.3. The fraction of sp³-hybridized carbons (Fsp3) is 0.812. The number of carbonyl (C=O) groups excluding carboxylic acids is 1. The van der Waals surface area contributed by atoms with E-state index in [0.29, 0.717) is 0 Å². The van der Waals surface area contributed by atoms with Crippen molar-refractivity contribution in [3.63, 3.8) is 0 Å². The number of aliphatic hydroxyl groups is 1. The van der Waals surface area contributed by atoms with Crippen LogP contribution in [0.4, 0.5) is 39.5 Å². The molecule has 3 nitrogen and oxygen atoms in total. The highest BCUT2D eigenvalue weighted by molar-refractivity contribution is 5.79. The molecule has 2 aliphatic rings. The summed E-state index contributed by atoms with van der Waals surface area (Å²) in [5.41, 5.74) is -12.3. The van der Waals surface area contributed by atoms with E-state index in [1.807, 2.05) is 0 Å². The molecule has 0 heterocycles. The van der Waals surface area contributed by atoms with Crippen molar-refractivity contribution in [2.45, 2.75) is 74.7 Å². The summed E-state index contributed by atoms with van der Waals surface area (Å²) in [7, 11) is 0. The van der Waals surface area contributed by atoms with Gasteiger partial charge in [-0.05, 0) is 44.9 Å². The lowest BCUT2D eigenvalue weighted by molar-refractivity contribution is -0.413. The van der Waals surface area contributed by atoms with Gasteiger partial charge in [0.15, 0.2) is 11.0 Å². The van der Waals surface area contributed by atoms with Crippen molar-refractivity contribution >= 4 is 5.97 Å². The molecule has 1 atom stereocenters. The van der Waals surface area contributed by atoms with Crippen LogP contribution in [0.3, 0.4) is 0 Å². The van der Waals surface area contributed by atoms with Crippen molar-refractivity contribution in [2.24, 2.45) is 5.41 Å². The van der Waals surface area contributed by atoms with Gasteiger partial charge in [0, 0.05) is 0 Å². The fourth-order valence-electron chi connectivity index (χ4n) is 3.83. The Morgan fingerprint density at radius 1 is 0.857 bits per heavy atom. The van der Waals surface area contributed by atoms with Crippen LogP contribution < -0.4 is 0 Å². The van der Waals surface area contributed by atoms with Gasteiger partial charge in [0.25, 0.3) is 5.60 Å². The number of hydrogen-bond donors (Lipinski definition) is 1. The van der Waals surface area contributed by atoms with Crippen molar-refractivity contribution in [3.05, 3.63) is 12.2 Å². The molecule has 0 aromatic rings. The van der Waals surface area contributed by atoms with Crippen LogP contribution in [-0.2, 0) is 9.53 Å². The molecule has 0 radical (unpaired) electrons. The van der Waals surface area contributed by atoms with Crippen LogP contribution in [0.15, 0.2) is 12.2 Å². The number of rotatable bonds is 3. The Balaban J connectivity index is 2.55. The first kappa shape index (κ1) is 22.8. The highest BCUT2D eigenvalue weighted by Gasteiger charge is 2.82. The average molecular weight is 428 g/mol. The van der Waals surface area contributed by atoms with Crippen LogP contribution >= 0.6 is 0 Å². The second kappa shape index (κ2) is 6.81. The summed E-state index contributed by atoms with van der Waals surface area (Å²) < 4.78 is 125. The maximum Gasteiger partial charge on any atom is 0.430 e. The average Bonchev–Trinajstić information content (AvgIpc) is 3.01. The Hall–Kier alpha value is -1.46. The molecule has 0 saturated heterocycles. The van der Waals surface area contributed by atoms with Crippen LogP contribution in [0.25, 0.3) is 0 Å². The molecule has 28 heavy (non-hydrogen) atoms. The molecule has 0 aliphatic heterocycles. The standard InChI is InChI=1S/C16H17F9O3/c17-14(18,19)11(6-2-1-3-7-11)10(26)28-12(8-4-5-9-12)13(27,15(20,21)22)16(23,24)25/h1-2,27H,3-9H2. The largest absolute Gasteiger partial charge is 0.455 e. The van der Waals surface area contributed by atoms with Gasteiger partial charge in [-0.3, -0.25) is 4.79 Å². The second-order valence-electron chi connectivity index (χ2n) is 7.09. The second-order valence-corrected chi connectivity index (χ2v) is 7.09. The molecule has 1 saturated carbocycles. The van der Waals surface area contributed by atoms with Crippen LogP contribution in [-0.4, -0.2) is 40.8 Å². The first-order valence-electron chi connectivity index (χ1n) is 8.35. The van der Waals surface area contributed by atoms with E-state index in [4.69, 9.17) is 0 Å². The quantitative estimate of drug-likeness (QED) is 0.392. The smallest absolute Gasteiger partial charge is 0.430 e. The number of esters is 1. The Bertz CT molecular complexity index is 613. The molecule has 1 N–H and O–H groups in total. The van der Waals surface area contributed by atoms with Crippen molar-refractivity contribution in [1.29, 1.82) is 0 Å². The van der Waals surface area contributed by atoms with Crippen LogP contribution in [0.1, 0.15) is 44.9 Å². The van der Waals surface area contributed by atoms with Crippen LogP contribution in [0, 0.1) is 5.41 Å². The molecule has 1 unspecified atom stereocenters. The van der Waals surface area contributed by atoms with Crippen molar-refractivity contribution in [1.82, 2.24) is 0 Å². The molecule has 1 fully saturated rings. The lowest BCUT2D eigenvalue weighted by atomic mass is 9.75. The van der Waals surface area contributed by atoms with E-state index in [0.717, 1.165) is 6.08 Å². The minimum absolute atomic E-state index is 0.260. The van der Waals surface area contributed by atoms with E-state index < -0.39 is 66.8 Å². The normalized spacial score (nSPS) is 26.4. The lowest BCUT2D eigenvalue weighted by Gasteiger charge is -2.47. The van der Waals surface area contributed by atoms with Crippen LogP contribution in [0.5, 0.6) is 0 Å². The number of carbonyl (C=O) groups is 1. The van der Waals surface area contributed by atoms with Crippen molar-refractivity contribution < 1.29 is 54.2 Å². The Morgan fingerprint density at radius 2 is 1.36 bits per heavy atom. The molecule has 0 bridgehead atoms. The number of allylic oxidation sites excluding steroid dienone is 2. The number of ether oxygens (including phenoxy) is 1. The summed E-state index contributed by atoms with van der Waals surface area (Å²) in [6.07, 6.45) is -20.5. The first-order valence-corrected chi connectivity index (χ1v) is 8.35. The highest BCUT2D eigenvalue weighted by Crippen LogP contribution is 2.58. The third-order valence-electron chi connectivity index (χ3n) is 5.48. The summed E-state index contributed by atoms with van der Waals surface area (Å²) >= 11 is 0. The molecular weight excluding hydrogens is 411 g/mol.